The molecule has 106 valence electrons. The summed E-state index contributed by atoms with van der Waals surface area (Å²) >= 11 is 0. The highest BCUT2D eigenvalue weighted by Gasteiger charge is 2.30. The van der Waals surface area contributed by atoms with E-state index in [2.05, 4.69) is 6.07 Å². The molecule has 2 rings (SSSR count). The molecule has 1 aromatic rings. The van der Waals surface area contributed by atoms with E-state index in [4.69, 9.17) is 5.11 Å². The van der Waals surface area contributed by atoms with E-state index in [9.17, 15) is 9.59 Å². The number of nitrogens with zero attached hydrogens (tertiary/aromatic N) is 1. The summed E-state index contributed by atoms with van der Waals surface area (Å²) < 4.78 is 0. The molecular formula is C16H19NO3. The highest BCUT2D eigenvalue weighted by atomic mass is 16.4. The smallest absolute Gasteiger partial charge is 0.303 e. The van der Waals surface area contributed by atoms with Crippen molar-refractivity contribution in [3.63, 3.8) is 0 Å². The standard InChI is InChI=1S/C16H19NO3/c1-11-3-4-14(12(2)7-11)5-6-15(18)17-9-13(10-17)8-16(19)20/h3-7,13H,8-10H2,1-2H3,(H,19,20). The molecule has 0 saturated carbocycles. The summed E-state index contributed by atoms with van der Waals surface area (Å²) in [6.07, 6.45) is 3.53. The molecule has 1 N–H and O–H groups in total. The number of amides is 1. The summed E-state index contributed by atoms with van der Waals surface area (Å²) in [6.45, 7) is 5.14. The van der Waals surface area contributed by atoms with Gasteiger partial charge in [-0.25, -0.2) is 0 Å². The van der Waals surface area contributed by atoms with Crippen LogP contribution in [-0.2, 0) is 9.59 Å². The Morgan fingerprint density at radius 3 is 2.65 bits per heavy atom. The van der Waals surface area contributed by atoms with E-state index in [1.54, 1.807) is 11.0 Å². The van der Waals surface area contributed by atoms with Crippen molar-refractivity contribution in [1.29, 1.82) is 0 Å². The van der Waals surface area contributed by atoms with E-state index < -0.39 is 5.97 Å². The number of carboxylic acids is 1. The topological polar surface area (TPSA) is 57.6 Å². The SMILES string of the molecule is Cc1ccc(C=CC(=O)N2CC(CC(=O)O)C2)c(C)c1. The predicted octanol–water partition coefficient (Wildman–Crippen LogP) is 2.25. The summed E-state index contributed by atoms with van der Waals surface area (Å²) in [5.41, 5.74) is 3.37. The van der Waals surface area contributed by atoms with Crippen LogP contribution in [0, 0.1) is 19.8 Å². The zero-order valence-corrected chi connectivity index (χ0v) is 11.8. The van der Waals surface area contributed by atoms with Gasteiger partial charge in [-0.1, -0.05) is 23.8 Å². The second-order valence-corrected chi connectivity index (χ2v) is 5.40. The number of hydrogen-bond acceptors (Lipinski definition) is 2. The van der Waals surface area contributed by atoms with Gasteiger partial charge in [0.2, 0.25) is 5.91 Å². The van der Waals surface area contributed by atoms with Gasteiger partial charge in [-0.2, -0.15) is 0 Å². The van der Waals surface area contributed by atoms with Gasteiger partial charge >= 0.3 is 5.97 Å². The number of rotatable bonds is 4. The average Bonchev–Trinajstić information content (AvgIpc) is 2.31. The lowest BCUT2D eigenvalue weighted by Gasteiger charge is -2.37. The van der Waals surface area contributed by atoms with Crippen LogP contribution < -0.4 is 0 Å². The van der Waals surface area contributed by atoms with Crippen molar-refractivity contribution in [3.8, 4) is 0 Å². The van der Waals surface area contributed by atoms with Gasteiger partial charge in [0, 0.05) is 25.1 Å². The van der Waals surface area contributed by atoms with Crippen LogP contribution in [0.25, 0.3) is 6.08 Å². The molecular weight excluding hydrogens is 254 g/mol. The van der Waals surface area contributed by atoms with Crippen LogP contribution in [-0.4, -0.2) is 35.0 Å². The maximum Gasteiger partial charge on any atom is 0.303 e. The molecule has 0 atom stereocenters. The molecule has 4 nitrogen and oxygen atoms in total. The molecule has 0 spiro atoms. The molecule has 1 aromatic carbocycles. The van der Waals surface area contributed by atoms with Crippen LogP contribution in [0.2, 0.25) is 0 Å². The van der Waals surface area contributed by atoms with Crippen molar-refractivity contribution < 1.29 is 14.7 Å². The maximum atomic E-state index is 11.9. The van der Waals surface area contributed by atoms with Gasteiger partial charge in [-0.3, -0.25) is 9.59 Å². The quantitative estimate of drug-likeness (QED) is 0.856. The summed E-state index contributed by atoms with van der Waals surface area (Å²) in [5.74, 6) is -0.745. The number of carbonyl (C=O) groups is 2. The molecule has 1 saturated heterocycles. The molecule has 1 fully saturated rings. The Labute approximate surface area is 118 Å². The Bertz CT molecular complexity index is 557. The largest absolute Gasteiger partial charge is 0.481 e. The number of carbonyl (C=O) groups excluding carboxylic acids is 1. The summed E-state index contributed by atoms with van der Waals surface area (Å²) in [5, 5.41) is 8.66. The fourth-order valence-electron chi connectivity index (χ4n) is 2.40. The number of aryl methyl sites for hydroxylation is 2. The van der Waals surface area contributed by atoms with Gasteiger partial charge in [-0.15, -0.1) is 0 Å². The highest BCUT2D eigenvalue weighted by molar-refractivity contribution is 5.92. The van der Waals surface area contributed by atoms with Crippen molar-refractivity contribution in [2.75, 3.05) is 13.1 Å². The zero-order chi connectivity index (χ0) is 14.7. The van der Waals surface area contributed by atoms with E-state index in [0.717, 1.165) is 11.1 Å². The van der Waals surface area contributed by atoms with Crippen molar-refractivity contribution in [2.24, 2.45) is 5.92 Å². The minimum absolute atomic E-state index is 0.0494. The Balaban J connectivity index is 1.89. The van der Waals surface area contributed by atoms with E-state index in [0.29, 0.717) is 13.1 Å². The van der Waals surface area contributed by atoms with Crippen molar-refractivity contribution >= 4 is 18.0 Å². The van der Waals surface area contributed by atoms with Crippen LogP contribution in [0.3, 0.4) is 0 Å². The van der Waals surface area contributed by atoms with Crippen LogP contribution in [0.1, 0.15) is 23.1 Å². The lowest BCUT2D eigenvalue weighted by molar-refractivity contribution is -0.143. The fraction of sp³-hybridized carbons (Fsp3) is 0.375. The van der Waals surface area contributed by atoms with Gasteiger partial charge in [0.05, 0.1) is 6.42 Å². The van der Waals surface area contributed by atoms with Gasteiger partial charge < -0.3 is 10.0 Å². The fourth-order valence-corrected chi connectivity index (χ4v) is 2.40. The summed E-state index contributed by atoms with van der Waals surface area (Å²) in [4.78, 5) is 24.1. The monoisotopic (exact) mass is 273 g/mol. The van der Waals surface area contributed by atoms with Crippen LogP contribution in [0.4, 0.5) is 0 Å². The average molecular weight is 273 g/mol. The minimum Gasteiger partial charge on any atom is -0.481 e. The van der Waals surface area contributed by atoms with E-state index in [1.807, 2.05) is 32.1 Å². The first-order chi connectivity index (χ1) is 9.45. The molecule has 4 heteroatoms. The third-order valence-electron chi connectivity index (χ3n) is 3.56. The summed E-state index contributed by atoms with van der Waals surface area (Å²) in [6, 6.07) is 6.10. The molecule has 0 unspecified atom stereocenters. The number of carboxylic acid groups (broad SMARTS) is 1. The highest BCUT2D eigenvalue weighted by Crippen LogP contribution is 2.20. The molecule has 0 aliphatic carbocycles. The van der Waals surface area contributed by atoms with E-state index >= 15 is 0 Å². The van der Waals surface area contributed by atoms with Crippen LogP contribution in [0.15, 0.2) is 24.3 Å². The molecule has 1 amide bonds. The Kier molecular flexibility index (Phi) is 4.23. The number of benzene rings is 1. The van der Waals surface area contributed by atoms with Crippen molar-refractivity contribution in [3.05, 3.63) is 41.0 Å². The first kappa shape index (κ1) is 14.3. The van der Waals surface area contributed by atoms with E-state index in [-0.39, 0.29) is 18.2 Å². The van der Waals surface area contributed by atoms with Crippen LogP contribution >= 0.6 is 0 Å². The Hall–Kier alpha value is -2.10. The zero-order valence-electron chi connectivity index (χ0n) is 11.8. The molecule has 20 heavy (non-hydrogen) atoms. The molecule has 1 aliphatic heterocycles. The molecule has 0 bridgehead atoms. The first-order valence-electron chi connectivity index (χ1n) is 6.71. The normalized spacial score (nSPS) is 15.4. The van der Waals surface area contributed by atoms with Crippen molar-refractivity contribution in [2.45, 2.75) is 20.3 Å². The van der Waals surface area contributed by atoms with Gasteiger partial charge in [0.1, 0.15) is 0 Å². The second-order valence-electron chi connectivity index (χ2n) is 5.40. The lowest BCUT2D eigenvalue weighted by Crippen LogP contribution is -2.49. The Morgan fingerprint density at radius 1 is 1.35 bits per heavy atom. The van der Waals surface area contributed by atoms with Crippen molar-refractivity contribution in [1.82, 2.24) is 4.90 Å². The number of likely N-dealkylation sites (tertiary alicyclic amines) is 1. The molecule has 0 radical (unpaired) electrons. The van der Waals surface area contributed by atoms with Crippen LogP contribution in [0.5, 0.6) is 0 Å². The minimum atomic E-state index is -0.798. The third-order valence-corrected chi connectivity index (χ3v) is 3.56. The number of aliphatic carboxylic acids is 1. The first-order valence-corrected chi connectivity index (χ1v) is 6.71. The molecule has 1 heterocycles. The summed E-state index contributed by atoms with van der Waals surface area (Å²) in [7, 11) is 0. The lowest BCUT2D eigenvalue weighted by atomic mass is 9.96. The van der Waals surface area contributed by atoms with Gasteiger partial charge in [-0.05, 0) is 31.1 Å². The maximum absolute atomic E-state index is 11.9. The second kappa shape index (κ2) is 5.90. The third kappa shape index (κ3) is 3.47. The number of hydrogen-bond donors (Lipinski definition) is 1. The predicted molar refractivity (Wildman–Crippen MR) is 77.3 cm³/mol. The van der Waals surface area contributed by atoms with Gasteiger partial charge in [0.25, 0.3) is 0 Å². The molecule has 0 aromatic heterocycles. The van der Waals surface area contributed by atoms with E-state index in [1.165, 1.54) is 5.56 Å². The Morgan fingerprint density at radius 2 is 2.05 bits per heavy atom. The molecule has 1 aliphatic rings. The van der Waals surface area contributed by atoms with Gasteiger partial charge in [0.15, 0.2) is 0 Å².